The van der Waals surface area contributed by atoms with Crippen LogP contribution in [0, 0.1) is 27.7 Å². The van der Waals surface area contributed by atoms with Crippen molar-refractivity contribution in [2.45, 2.75) is 39.9 Å². The quantitative estimate of drug-likeness (QED) is 0.940. The molecule has 1 atom stereocenters. The maximum Gasteiger partial charge on any atom is 0.413 e. The molecule has 1 N–H and O–H groups in total. The van der Waals surface area contributed by atoms with Crippen molar-refractivity contribution < 1.29 is 22.4 Å². The molecule has 126 valence electrons. The van der Waals surface area contributed by atoms with Crippen molar-refractivity contribution in [1.82, 2.24) is 15.1 Å². The van der Waals surface area contributed by atoms with Gasteiger partial charge in [0, 0.05) is 23.9 Å². The van der Waals surface area contributed by atoms with E-state index in [2.05, 4.69) is 10.4 Å². The van der Waals surface area contributed by atoms with Crippen molar-refractivity contribution >= 4 is 5.91 Å². The zero-order valence-electron chi connectivity index (χ0n) is 13.5. The molecule has 0 aromatic carbocycles. The van der Waals surface area contributed by atoms with Crippen molar-refractivity contribution in [2.75, 3.05) is 0 Å². The second-order valence-corrected chi connectivity index (χ2v) is 5.51. The maximum atomic E-state index is 13.5. The fourth-order valence-corrected chi connectivity index (χ4v) is 2.64. The third-order valence-corrected chi connectivity index (χ3v) is 3.84. The molecule has 2 heterocycles. The Labute approximate surface area is 131 Å². The summed E-state index contributed by atoms with van der Waals surface area (Å²) in [5.74, 6) is -0.542. The van der Waals surface area contributed by atoms with Gasteiger partial charge in [0.15, 0.2) is 6.04 Å². The van der Waals surface area contributed by atoms with E-state index in [4.69, 9.17) is 4.42 Å². The number of aromatic nitrogens is 2. The van der Waals surface area contributed by atoms with E-state index in [-0.39, 0.29) is 22.6 Å². The van der Waals surface area contributed by atoms with Crippen molar-refractivity contribution in [1.29, 1.82) is 0 Å². The predicted octanol–water partition coefficient (Wildman–Crippen LogP) is 3.28. The Bertz CT molecular complexity index is 724. The summed E-state index contributed by atoms with van der Waals surface area (Å²) in [6, 6.07) is -2.13. The van der Waals surface area contributed by atoms with Crippen molar-refractivity contribution in [3.8, 4) is 0 Å². The molecule has 0 aliphatic rings. The number of carbonyl (C=O) groups excluding carboxylic acids is 1. The Morgan fingerprint density at radius 2 is 1.91 bits per heavy atom. The highest BCUT2D eigenvalue weighted by Crippen LogP contribution is 2.36. The molecule has 0 saturated heterocycles. The van der Waals surface area contributed by atoms with E-state index in [1.54, 1.807) is 14.0 Å². The molecule has 0 aliphatic carbocycles. The monoisotopic (exact) mass is 329 g/mol. The number of halogens is 3. The standard InChI is InChI=1S/C15H18F3N3O2/c1-7-6-23-10(4)11(7)14(22)19-13(15(16,17)18)12-8(2)20-21(5)9(12)3/h6,13H,1-5H3,(H,19,22). The summed E-state index contributed by atoms with van der Waals surface area (Å²) in [4.78, 5) is 12.3. The second kappa shape index (κ2) is 5.75. The summed E-state index contributed by atoms with van der Waals surface area (Å²) in [7, 11) is 1.56. The highest BCUT2D eigenvalue weighted by molar-refractivity contribution is 5.96. The van der Waals surface area contributed by atoms with Crippen LogP contribution in [0.5, 0.6) is 0 Å². The van der Waals surface area contributed by atoms with E-state index >= 15 is 0 Å². The van der Waals surface area contributed by atoms with Gasteiger partial charge in [-0.25, -0.2) is 0 Å². The van der Waals surface area contributed by atoms with Crippen LogP contribution in [0.2, 0.25) is 0 Å². The Kier molecular flexibility index (Phi) is 4.28. The molecule has 0 aliphatic heterocycles. The van der Waals surface area contributed by atoms with Gasteiger partial charge in [0.1, 0.15) is 5.76 Å². The molecule has 2 aromatic rings. The fourth-order valence-electron chi connectivity index (χ4n) is 2.64. The molecule has 0 radical (unpaired) electrons. The lowest BCUT2D eigenvalue weighted by Gasteiger charge is -2.22. The first kappa shape index (κ1) is 17.1. The molecule has 0 bridgehead atoms. The molecule has 1 amide bonds. The van der Waals surface area contributed by atoms with Gasteiger partial charge in [-0.1, -0.05) is 0 Å². The van der Waals surface area contributed by atoms with Crippen LogP contribution in [0.4, 0.5) is 13.2 Å². The summed E-state index contributed by atoms with van der Waals surface area (Å²) in [6.45, 7) is 6.16. The first-order chi connectivity index (χ1) is 10.5. The smallest absolute Gasteiger partial charge is 0.413 e. The number of amides is 1. The number of nitrogens with one attached hydrogen (secondary N) is 1. The molecule has 2 rings (SSSR count). The number of furan rings is 1. The Hall–Kier alpha value is -2.25. The van der Waals surface area contributed by atoms with Gasteiger partial charge in [-0.05, 0) is 27.7 Å². The van der Waals surface area contributed by atoms with Crippen molar-refractivity contribution in [3.63, 3.8) is 0 Å². The minimum absolute atomic E-state index is 0.0350. The summed E-state index contributed by atoms with van der Waals surface area (Å²) < 4.78 is 47.0. The van der Waals surface area contributed by atoms with E-state index in [0.29, 0.717) is 11.3 Å². The van der Waals surface area contributed by atoms with Crippen LogP contribution in [0.25, 0.3) is 0 Å². The van der Waals surface area contributed by atoms with E-state index in [1.165, 1.54) is 31.7 Å². The van der Waals surface area contributed by atoms with E-state index in [9.17, 15) is 18.0 Å². The average molecular weight is 329 g/mol. The predicted molar refractivity (Wildman–Crippen MR) is 77.1 cm³/mol. The SMILES string of the molecule is Cc1coc(C)c1C(=O)NC(c1c(C)nn(C)c1C)C(F)(F)F. The number of nitrogens with zero attached hydrogens (tertiary/aromatic N) is 2. The van der Waals surface area contributed by atoms with E-state index in [0.717, 1.165) is 0 Å². The Balaban J connectivity index is 2.44. The van der Waals surface area contributed by atoms with Gasteiger partial charge in [-0.15, -0.1) is 0 Å². The largest absolute Gasteiger partial charge is 0.469 e. The maximum absolute atomic E-state index is 13.5. The number of carbonyl (C=O) groups is 1. The second-order valence-electron chi connectivity index (χ2n) is 5.51. The van der Waals surface area contributed by atoms with Crippen LogP contribution >= 0.6 is 0 Å². The zero-order valence-corrected chi connectivity index (χ0v) is 13.5. The average Bonchev–Trinajstić information content (AvgIpc) is 2.87. The Morgan fingerprint density at radius 1 is 1.30 bits per heavy atom. The normalized spacial score (nSPS) is 13.2. The van der Waals surface area contributed by atoms with E-state index < -0.39 is 18.1 Å². The van der Waals surface area contributed by atoms with Gasteiger partial charge >= 0.3 is 6.18 Å². The molecule has 8 heteroatoms. The lowest BCUT2D eigenvalue weighted by Crippen LogP contribution is -2.39. The molecule has 0 saturated carbocycles. The third-order valence-electron chi connectivity index (χ3n) is 3.84. The zero-order chi connectivity index (χ0) is 17.5. The molecule has 1 unspecified atom stereocenters. The lowest BCUT2D eigenvalue weighted by atomic mass is 10.0. The summed E-state index contributed by atoms with van der Waals surface area (Å²) in [5, 5.41) is 6.07. The molecule has 0 spiro atoms. The topological polar surface area (TPSA) is 60.1 Å². The minimum atomic E-state index is -4.64. The van der Waals surface area contributed by atoms with Crippen molar-refractivity contribution in [3.05, 3.63) is 40.1 Å². The molecular weight excluding hydrogens is 311 g/mol. The Morgan fingerprint density at radius 3 is 2.30 bits per heavy atom. The molecule has 2 aromatic heterocycles. The third kappa shape index (κ3) is 3.11. The first-order valence-corrected chi connectivity index (χ1v) is 6.96. The van der Waals surface area contributed by atoms with Gasteiger partial charge in [-0.3, -0.25) is 9.48 Å². The molecular formula is C15H18F3N3O2. The van der Waals surface area contributed by atoms with Crippen LogP contribution in [-0.2, 0) is 7.05 Å². The molecule has 5 nitrogen and oxygen atoms in total. The highest BCUT2D eigenvalue weighted by atomic mass is 19.4. The number of hydrogen-bond donors (Lipinski definition) is 1. The van der Waals surface area contributed by atoms with Crippen molar-refractivity contribution in [2.24, 2.45) is 7.05 Å². The van der Waals surface area contributed by atoms with Crippen LogP contribution in [0.3, 0.4) is 0 Å². The number of alkyl halides is 3. The van der Waals surface area contributed by atoms with Gasteiger partial charge in [0.05, 0.1) is 17.5 Å². The van der Waals surface area contributed by atoms with Gasteiger partial charge in [-0.2, -0.15) is 18.3 Å². The van der Waals surface area contributed by atoms with Crippen LogP contribution in [-0.4, -0.2) is 21.9 Å². The van der Waals surface area contributed by atoms with Crippen LogP contribution in [0.15, 0.2) is 10.7 Å². The number of aryl methyl sites for hydroxylation is 4. The highest BCUT2D eigenvalue weighted by Gasteiger charge is 2.45. The van der Waals surface area contributed by atoms with Gasteiger partial charge in [0.25, 0.3) is 5.91 Å². The van der Waals surface area contributed by atoms with Gasteiger partial charge in [0.2, 0.25) is 0 Å². The summed E-state index contributed by atoms with van der Waals surface area (Å²) in [5.41, 5.74) is 1.16. The lowest BCUT2D eigenvalue weighted by molar-refractivity contribution is -0.155. The fraction of sp³-hybridized carbons (Fsp3) is 0.467. The van der Waals surface area contributed by atoms with Crippen LogP contribution in [0.1, 0.15) is 44.7 Å². The minimum Gasteiger partial charge on any atom is -0.469 e. The van der Waals surface area contributed by atoms with E-state index in [1.807, 2.05) is 0 Å². The molecule has 23 heavy (non-hydrogen) atoms. The van der Waals surface area contributed by atoms with Gasteiger partial charge < -0.3 is 9.73 Å². The number of hydrogen-bond acceptors (Lipinski definition) is 3. The summed E-state index contributed by atoms with van der Waals surface area (Å²) in [6.07, 6.45) is -3.30. The number of rotatable bonds is 3. The first-order valence-electron chi connectivity index (χ1n) is 6.96. The van der Waals surface area contributed by atoms with Crippen LogP contribution < -0.4 is 5.32 Å². The molecule has 0 fully saturated rings. The summed E-state index contributed by atoms with van der Waals surface area (Å²) >= 11 is 0.